The highest BCUT2D eigenvalue weighted by atomic mass is 16.4. The molecule has 1 aliphatic rings. The first-order valence-corrected chi connectivity index (χ1v) is 5.41. The molecule has 0 amide bonds. The van der Waals surface area contributed by atoms with E-state index < -0.39 is 0 Å². The maximum absolute atomic E-state index is 11.4. The van der Waals surface area contributed by atoms with Crippen LogP contribution >= 0.6 is 0 Å². The van der Waals surface area contributed by atoms with Gasteiger partial charge in [-0.2, -0.15) is 0 Å². The number of nitrogens with zero attached hydrogens (tertiary/aromatic N) is 1. The molecule has 5 nitrogen and oxygen atoms in total. The lowest BCUT2D eigenvalue weighted by molar-refractivity contribution is 0.197. The molecule has 0 bridgehead atoms. The maximum atomic E-state index is 11.4. The average Bonchev–Trinajstić information content (AvgIpc) is 2.25. The van der Waals surface area contributed by atoms with Crippen molar-refractivity contribution in [1.82, 2.24) is 5.01 Å². The van der Waals surface area contributed by atoms with E-state index in [0.717, 1.165) is 19.4 Å². The summed E-state index contributed by atoms with van der Waals surface area (Å²) in [4.78, 5) is 11.4. The molecule has 1 atom stereocenters. The lowest BCUT2D eigenvalue weighted by atomic mass is 9.96. The maximum Gasteiger partial charge on any atom is 0.227 e. The highest BCUT2D eigenvalue weighted by Crippen LogP contribution is 2.26. The summed E-state index contributed by atoms with van der Waals surface area (Å²) in [6, 6.07) is 1.37. The van der Waals surface area contributed by atoms with Crippen LogP contribution in [0.3, 0.4) is 0 Å². The molecule has 0 spiro atoms. The molecule has 5 heteroatoms. The smallest absolute Gasteiger partial charge is 0.227 e. The van der Waals surface area contributed by atoms with Crippen LogP contribution in [0.25, 0.3) is 0 Å². The Kier molecular flexibility index (Phi) is 2.98. The minimum absolute atomic E-state index is 0.144. The van der Waals surface area contributed by atoms with E-state index in [9.17, 15) is 9.90 Å². The van der Waals surface area contributed by atoms with E-state index in [1.807, 2.05) is 0 Å². The van der Waals surface area contributed by atoms with E-state index in [1.165, 1.54) is 6.07 Å². The van der Waals surface area contributed by atoms with Gasteiger partial charge in [0.15, 0.2) is 0 Å². The fourth-order valence-corrected chi connectivity index (χ4v) is 2.07. The van der Waals surface area contributed by atoms with Crippen molar-refractivity contribution in [2.45, 2.75) is 25.7 Å². The average molecular weight is 224 g/mol. The number of rotatable bonds is 1. The van der Waals surface area contributed by atoms with E-state index in [0.29, 0.717) is 12.3 Å². The number of nitrogens with two attached hydrogens (primary N) is 1. The Balaban J connectivity index is 2.30. The van der Waals surface area contributed by atoms with Crippen LogP contribution in [0.5, 0.6) is 5.75 Å². The molecule has 2 rings (SSSR count). The van der Waals surface area contributed by atoms with Gasteiger partial charge in [-0.1, -0.05) is 0 Å². The monoisotopic (exact) mass is 224 g/mol. The minimum atomic E-state index is -0.382. The minimum Gasteiger partial charge on any atom is -0.502 e. The van der Waals surface area contributed by atoms with Crippen LogP contribution in [0.15, 0.2) is 15.3 Å². The molecule has 0 saturated carbocycles. The molecule has 0 radical (unpaired) electrons. The molecule has 1 aromatic heterocycles. The second-order valence-electron chi connectivity index (χ2n) is 4.25. The normalized spacial score (nSPS) is 22.2. The first kappa shape index (κ1) is 11.2. The lowest BCUT2D eigenvalue weighted by Crippen LogP contribution is -2.39. The fourth-order valence-electron chi connectivity index (χ4n) is 2.07. The summed E-state index contributed by atoms with van der Waals surface area (Å²) < 4.78 is 5.44. The number of hydrogen-bond donors (Lipinski definition) is 2. The Morgan fingerprint density at radius 1 is 1.62 bits per heavy atom. The van der Waals surface area contributed by atoms with Gasteiger partial charge in [0.05, 0.1) is 0 Å². The Morgan fingerprint density at radius 3 is 3.00 bits per heavy atom. The number of aromatic hydroxyl groups is 1. The Bertz CT molecular complexity index is 441. The molecular weight excluding hydrogens is 208 g/mol. The van der Waals surface area contributed by atoms with Crippen LogP contribution < -0.4 is 11.3 Å². The van der Waals surface area contributed by atoms with Gasteiger partial charge in [-0.25, -0.2) is 5.01 Å². The third-order valence-corrected chi connectivity index (χ3v) is 2.97. The first-order chi connectivity index (χ1) is 7.58. The van der Waals surface area contributed by atoms with Crippen molar-refractivity contribution < 1.29 is 9.52 Å². The second-order valence-corrected chi connectivity index (χ2v) is 4.25. The number of hydrogen-bond acceptors (Lipinski definition) is 5. The van der Waals surface area contributed by atoms with Crippen LogP contribution in [0.2, 0.25) is 0 Å². The number of piperidine rings is 1. The quantitative estimate of drug-likeness (QED) is 0.687. The van der Waals surface area contributed by atoms with Crippen LogP contribution in [0.1, 0.15) is 30.3 Å². The zero-order valence-corrected chi connectivity index (χ0v) is 9.27. The van der Waals surface area contributed by atoms with Crippen molar-refractivity contribution in [2.24, 2.45) is 5.84 Å². The van der Waals surface area contributed by atoms with Crippen molar-refractivity contribution in [3.8, 4) is 5.75 Å². The molecule has 16 heavy (non-hydrogen) atoms. The van der Waals surface area contributed by atoms with Crippen molar-refractivity contribution in [2.75, 3.05) is 13.1 Å². The zero-order valence-electron chi connectivity index (χ0n) is 9.27. The van der Waals surface area contributed by atoms with Gasteiger partial charge in [0, 0.05) is 25.1 Å². The summed E-state index contributed by atoms with van der Waals surface area (Å²) in [5, 5.41) is 11.1. The molecule has 2 heterocycles. The van der Waals surface area contributed by atoms with E-state index >= 15 is 0 Å². The van der Waals surface area contributed by atoms with Gasteiger partial charge in [-0.05, 0) is 19.8 Å². The molecule has 3 N–H and O–H groups in total. The number of hydrazine groups is 1. The van der Waals surface area contributed by atoms with Crippen LogP contribution in [-0.4, -0.2) is 23.2 Å². The summed E-state index contributed by atoms with van der Waals surface area (Å²) in [7, 11) is 0. The third-order valence-electron chi connectivity index (χ3n) is 2.97. The van der Waals surface area contributed by atoms with Crippen molar-refractivity contribution in [3.63, 3.8) is 0 Å². The molecule has 88 valence electrons. The summed E-state index contributed by atoms with van der Waals surface area (Å²) in [6.45, 7) is 3.15. The molecule has 0 aliphatic carbocycles. The van der Waals surface area contributed by atoms with Crippen molar-refractivity contribution in [3.05, 3.63) is 27.8 Å². The molecule has 1 aliphatic heterocycles. The standard InChI is InChI=1S/C11H16N2O3/c1-7-11(15)9(14)5-10(16-7)8-3-2-4-13(12)6-8/h5,8,15H,2-4,6,12H2,1H3. The van der Waals surface area contributed by atoms with Gasteiger partial charge in [0.1, 0.15) is 11.5 Å². The van der Waals surface area contributed by atoms with Gasteiger partial charge in [-0.3, -0.25) is 10.6 Å². The van der Waals surface area contributed by atoms with E-state index in [2.05, 4.69) is 0 Å². The highest BCUT2D eigenvalue weighted by molar-refractivity contribution is 5.25. The molecule has 1 saturated heterocycles. The lowest BCUT2D eigenvalue weighted by Gasteiger charge is -2.28. The number of aryl methyl sites for hydroxylation is 1. The topological polar surface area (TPSA) is 79.7 Å². The van der Waals surface area contributed by atoms with E-state index in [1.54, 1.807) is 11.9 Å². The first-order valence-electron chi connectivity index (χ1n) is 5.41. The molecule has 1 aromatic rings. The highest BCUT2D eigenvalue weighted by Gasteiger charge is 2.22. The molecular formula is C11H16N2O3. The van der Waals surface area contributed by atoms with Crippen LogP contribution in [-0.2, 0) is 0 Å². The third kappa shape index (κ3) is 2.10. The van der Waals surface area contributed by atoms with Crippen molar-refractivity contribution in [1.29, 1.82) is 0 Å². The Labute approximate surface area is 93.4 Å². The van der Waals surface area contributed by atoms with Crippen LogP contribution in [0.4, 0.5) is 0 Å². The largest absolute Gasteiger partial charge is 0.502 e. The molecule has 0 aromatic carbocycles. The van der Waals surface area contributed by atoms with Gasteiger partial charge in [-0.15, -0.1) is 0 Å². The van der Waals surface area contributed by atoms with Gasteiger partial charge in [0.25, 0.3) is 0 Å². The summed E-state index contributed by atoms with van der Waals surface area (Å²) >= 11 is 0. The zero-order chi connectivity index (χ0) is 11.7. The van der Waals surface area contributed by atoms with Gasteiger partial charge >= 0.3 is 0 Å². The van der Waals surface area contributed by atoms with Gasteiger partial charge < -0.3 is 9.52 Å². The van der Waals surface area contributed by atoms with E-state index in [-0.39, 0.29) is 22.9 Å². The Hall–Kier alpha value is -1.33. The predicted octanol–water partition coefficient (Wildman–Crippen LogP) is 0.707. The van der Waals surface area contributed by atoms with Gasteiger partial charge in [0.2, 0.25) is 11.2 Å². The summed E-state index contributed by atoms with van der Waals surface area (Å²) in [5.74, 6) is 6.47. The van der Waals surface area contributed by atoms with Crippen LogP contribution in [0, 0.1) is 6.92 Å². The van der Waals surface area contributed by atoms with Crippen molar-refractivity contribution >= 4 is 0 Å². The fraction of sp³-hybridized carbons (Fsp3) is 0.545. The molecule has 1 unspecified atom stereocenters. The molecule has 1 fully saturated rings. The SMILES string of the molecule is Cc1oc(C2CCCN(N)C2)cc(=O)c1O. The second kappa shape index (κ2) is 4.27. The summed E-state index contributed by atoms with van der Waals surface area (Å²) in [6.07, 6.45) is 1.95. The Morgan fingerprint density at radius 2 is 2.38 bits per heavy atom. The predicted molar refractivity (Wildman–Crippen MR) is 59.1 cm³/mol. The van der Waals surface area contributed by atoms with E-state index in [4.69, 9.17) is 10.3 Å². The summed E-state index contributed by atoms with van der Waals surface area (Å²) in [5.41, 5.74) is -0.382.